The van der Waals surface area contributed by atoms with Crippen LogP contribution in [0.5, 0.6) is 0 Å². The SMILES string of the molecule is CCCN(C1CCNC1)S(=O)(=O)c1cc(N(C)C)ccc1Br. The Morgan fingerprint density at radius 3 is 2.64 bits per heavy atom. The summed E-state index contributed by atoms with van der Waals surface area (Å²) in [6.07, 6.45) is 1.67. The van der Waals surface area contributed by atoms with Crippen molar-refractivity contribution in [2.75, 3.05) is 38.6 Å². The third-order valence-electron chi connectivity index (χ3n) is 3.90. The molecule has 1 aromatic carbocycles. The van der Waals surface area contributed by atoms with E-state index in [9.17, 15) is 8.42 Å². The first-order valence-corrected chi connectivity index (χ1v) is 9.80. The van der Waals surface area contributed by atoms with Crippen molar-refractivity contribution in [1.29, 1.82) is 0 Å². The second-order valence-corrected chi connectivity index (χ2v) is 8.48. The molecule has 0 aliphatic carbocycles. The minimum atomic E-state index is -3.51. The molecule has 124 valence electrons. The normalized spacial score (nSPS) is 18.9. The van der Waals surface area contributed by atoms with E-state index in [4.69, 9.17) is 0 Å². The summed E-state index contributed by atoms with van der Waals surface area (Å²) in [6.45, 7) is 4.16. The lowest BCUT2D eigenvalue weighted by Gasteiger charge is -2.28. The molecule has 0 radical (unpaired) electrons. The summed E-state index contributed by atoms with van der Waals surface area (Å²) in [4.78, 5) is 2.26. The van der Waals surface area contributed by atoms with Crippen LogP contribution in [0.15, 0.2) is 27.6 Å². The topological polar surface area (TPSA) is 52.7 Å². The van der Waals surface area contributed by atoms with Crippen LogP contribution in [0.1, 0.15) is 19.8 Å². The largest absolute Gasteiger partial charge is 0.378 e. The van der Waals surface area contributed by atoms with Gasteiger partial charge in [0.1, 0.15) is 0 Å². The van der Waals surface area contributed by atoms with Crippen LogP contribution in [0.3, 0.4) is 0 Å². The van der Waals surface area contributed by atoms with Crippen molar-refractivity contribution in [2.24, 2.45) is 0 Å². The Labute approximate surface area is 141 Å². The maximum absolute atomic E-state index is 13.2. The highest BCUT2D eigenvalue weighted by Gasteiger charge is 2.33. The number of nitrogens with zero attached hydrogens (tertiary/aromatic N) is 2. The Bertz CT molecular complexity index is 613. The Kier molecular flexibility index (Phi) is 5.87. The molecular formula is C15H24BrN3O2S. The molecule has 0 amide bonds. The van der Waals surface area contributed by atoms with Gasteiger partial charge < -0.3 is 10.2 Å². The summed E-state index contributed by atoms with van der Waals surface area (Å²) in [5.74, 6) is 0. The molecule has 1 aliphatic rings. The van der Waals surface area contributed by atoms with Crippen molar-refractivity contribution >= 4 is 31.6 Å². The zero-order valence-corrected chi connectivity index (χ0v) is 15.7. The third-order valence-corrected chi connectivity index (χ3v) is 6.85. The van der Waals surface area contributed by atoms with Crippen LogP contribution in [-0.2, 0) is 10.0 Å². The van der Waals surface area contributed by atoms with Gasteiger partial charge in [-0.2, -0.15) is 4.31 Å². The maximum atomic E-state index is 13.2. The molecule has 7 heteroatoms. The van der Waals surface area contributed by atoms with E-state index < -0.39 is 10.0 Å². The summed E-state index contributed by atoms with van der Waals surface area (Å²) in [5, 5.41) is 3.25. The van der Waals surface area contributed by atoms with Crippen molar-refractivity contribution in [2.45, 2.75) is 30.7 Å². The number of halogens is 1. The van der Waals surface area contributed by atoms with Crippen molar-refractivity contribution in [3.63, 3.8) is 0 Å². The van der Waals surface area contributed by atoms with Crippen LogP contribution in [0.4, 0.5) is 5.69 Å². The molecule has 5 nitrogen and oxygen atoms in total. The molecule has 0 spiro atoms. The van der Waals surface area contributed by atoms with Crippen LogP contribution in [0.2, 0.25) is 0 Å². The summed E-state index contributed by atoms with van der Waals surface area (Å²) in [6, 6.07) is 5.49. The minimum absolute atomic E-state index is 0.0415. The fraction of sp³-hybridized carbons (Fsp3) is 0.600. The predicted octanol–water partition coefficient (Wildman–Crippen LogP) is 2.28. The number of anilines is 1. The van der Waals surface area contributed by atoms with Gasteiger partial charge in [0.15, 0.2) is 0 Å². The lowest BCUT2D eigenvalue weighted by Crippen LogP contribution is -2.42. The summed E-state index contributed by atoms with van der Waals surface area (Å²) >= 11 is 3.40. The maximum Gasteiger partial charge on any atom is 0.244 e. The van der Waals surface area contributed by atoms with Gasteiger partial charge in [0, 0.05) is 43.4 Å². The van der Waals surface area contributed by atoms with Crippen LogP contribution in [-0.4, -0.2) is 52.5 Å². The van der Waals surface area contributed by atoms with Gasteiger partial charge in [0.05, 0.1) is 4.90 Å². The average molecular weight is 390 g/mol. The molecule has 1 aliphatic heterocycles. The second kappa shape index (κ2) is 7.29. The first kappa shape index (κ1) is 17.7. The average Bonchev–Trinajstić information content (AvgIpc) is 2.98. The van der Waals surface area contributed by atoms with Crippen LogP contribution in [0.25, 0.3) is 0 Å². The molecule has 0 bridgehead atoms. The van der Waals surface area contributed by atoms with Gasteiger partial charge >= 0.3 is 0 Å². The molecule has 1 heterocycles. The van der Waals surface area contributed by atoms with Crippen LogP contribution >= 0.6 is 15.9 Å². The lowest BCUT2D eigenvalue weighted by atomic mass is 10.2. The third kappa shape index (κ3) is 3.64. The fourth-order valence-corrected chi connectivity index (χ4v) is 5.39. The number of sulfonamides is 1. The zero-order valence-electron chi connectivity index (χ0n) is 13.3. The van der Waals surface area contributed by atoms with Gasteiger partial charge in [0.25, 0.3) is 0 Å². The highest BCUT2D eigenvalue weighted by Crippen LogP contribution is 2.30. The molecule has 1 aromatic rings. The Morgan fingerprint density at radius 2 is 2.09 bits per heavy atom. The van der Waals surface area contributed by atoms with Crippen molar-refractivity contribution in [3.05, 3.63) is 22.7 Å². The van der Waals surface area contributed by atoms with Gasteiger partial charge in [0.2, 0.25) is 10.0 Å². The van der Waals surface area contributed by atoms with Gasteiger partial charge in [-0.3, -0.25) is 0 Å². The Morgan fingerprint density at radius 1 is 1.36 bits per heavy atom. The molecule has 1 fully saturated rings. The highest BCUT2D eigenvalue weighted by atomic mass is 79.9. The van der Waals surface area contributed by atoms with E-state index in [1.165, 1.54) is 0 Å². The molecular weight excluding hydrogens is 366 g/mol. The second-order valence-electron chi connectivity index (χ2n) is 5.77. The number of hydrogen-bond acceptors (Lipinski definition) is 4. The Hall–Kier alpha value is -0.630. The van der Waals surface area contributed by atoms with E-state index in [1.54, 1.807) is 16.4 Å². The number of rotatable bonds is 6. The fourth-order valence-electron chi connectivity index (χ4n) is 2.70. The van der Waals surface area contributed by atoms with Gasteiger partial charge in [-0.15, -0.1) is 0 Å². The van der Waals surface area contributed by atoms with E-state index in [0.29, 0.717) is 15.9 Å². The highest BCUT2D eigenvalue weighted by molar-refractivity contribution is 9.10. The van der Waals surface area contributed by atoms with Crippen molar-refractivity contribution in [3.8, 4) is 0 Å². The van der Waals surface area contributed by atoms with E-state index >= 15 is 0 Å². The first-order valence-electron chi connectivity index (χ1n) is 7.57. The Balaban J connectivity index is 2.44. The number of benzene rings is 1. The predicted molar refractivity (Wildman–Crippen MR) is 93.9 cm³/mol. The van der Waals surface area contributed by atoms with Gasteiger partial charge in [-0.05, 0) is 53.5 Å². The molecule has 0 saturated carbocycles. The van der Waals surface area contributed by atoms with Gasteiger partial charge in [-0.25, -0.2) is 8.42 Å². The first-order chi connectivity index (χ1) is 10.4. The van der Waals surface area contributed by atoms with E-state index in [1.807, 2.05) is 32.0 Å². The standard InChI is InChI=1S/C15H24BrN3O2S/c1-4-9-19(13-7-8-17-11-13)22(20,21)15-10-12(18(2)3)5-6-14(15)16/h5-6,10,13,17H,4,7-9,11H2,1-3H3. The van der Waals surface area contributed by atoms with Crippen molar-refractivity contribution < 1.29 is 8.42 Å². The summed E-state index contributed by atoms with van der Waals surface area (Å²) < 4.78 is 28.6. The zero-order chi connectivity index (χ0) is 16.3. The van der Waals surface area contributed by atoms with E-state index in [2.05, 4.69) is 21.2 Å². The van der Waals surface area contributed by atoms with Crippen LogP contribution in [0, 0.1) is 0 Å². The van der Waals surface area contributed by atoms with Gasteiger partial charge in [-0.1, -0.05) is 6.92 Å². The van der Waals surface area contributed by atoms with Crippen LogP contribution < -0.4 is 10.2 Å². The molecule has 22 heavy (non-hydrogen) atoms. The van der Waals surface area contributed by atoms with Crippen molar-refractivity contribution in [1.82, 2.24) is 9.62 Å². The smallest absolute Gasteiger partial charge is 0.244 e. The van der Waals surface area contributed by atoms with E-state index in [0.717, 1.165) is 31.6 Å². The monoisotopic (exact) mass is 389 g/mol. The summed E-state index contributed by atoms with van der Waals surface area (Å²) in [7, 11) is 0.301. The number of nitrogens with one attached hydrogen (secondary N) is 1. The molecule has 1 unspecified atom stereocenters. The molecule has 1 atom stereocenters. The summed E-state index contributed by atoms with van der Waals surface area (Å²) in [5.41, 5.74) is 0.878. The minimum Gasteiger partial charge on any atom is -0.378 e. The quantitative estimate of drug-likeness (QED) is 0.810. The molecule has 0 aromatic heterocycles. The van der Waals surface area contributed by atoms with E-state index in [-0.39, 0.29) is 6.04 Å². The molecule has 1 saturated heterocycles. The number of hydrogen-bond donors (Lipinski definition) is 1. The molecule has 1 N–H and O–H groups in total. The lowest BCUT2D eigenvalue weighted by molar-refractivity contribution is 0.335. The molecule has 2 rings (SSSR count).